The SMILES string of the molecule is Cc1cc(=O)[nH]c2sc(C(=O)Nc3cc(Cl)ccc3Cl)c(N)c12. The Balaban J connectivity index is 2.05. The number of rotatable bonds is 2. The number of thiophene rings is 1. The highest BCUT2D eigenvalue weighted by Gasteiger charge is 2.19. The van der Waals surface area contributed by atoms with Crippen molar-refractivity contribution in [2.45, 2.75) is 6.92 Å². The molecule has 8 heteroatoms. The number of aromatic amines is 1. The molecule has 2 heterocycles. The van der Waals surface area contributed by atoms with Gasteiger partial charge in [0.05, 0.1) is 16.4 Å². The Bertz CT molecular complexity index is 994. The summed E-state index contributed by atoms with van der Waals surface area (Å²) in [6, 6.07) is 6.22. The Hall–Kier alpha value is -2.02. The van der Waals surface area contributed by atoms with E-state index in [9.17, 15) is 9.59 Å². The highest BCUT2D eigenvalue weighted by molar-refractivity contribution is 7.21. The van der Waals surface area contributed by atoms with E-state index >= 15 is 0 Å². The molecular weight excluding hydrogens is 357 g/mol. The number of benzene rings is 1. The molecule has 0 bridgehead atoms. The molecule has 0 aliphatic carbocycles. The predicted molar refractivity (Wildman–Crippen MR) is 96.0 cm³/mol. The third kappa shape index (κ3) is 2.93. The second kappa shape index (κ2) is 5.88. The fourth-order valence-electron chi connectivity index (χ4n) is 2.28. The van der Waals surface area contributed by atoms with E-state index in [1.54, 1.807) is 25.1 Å². The fourth-order valence-corrected chi connectivity index (χ4v) is 3.70. The van der Waals surface area contributed by atoms with Gasteiger partial charge in [-0.05, 0) is 30.7 Å². The van der Waals surface area contributed by atoms with Crippen LogP contribution in [0.4, 0.5) is 11.4 Å². The van der Waals surface area contributed by atoms with E-state index in [-0.39, 0.29) is 5.56 Å². The van der Waals surface area contributed by atoms with Gasteiger partial charge in [0.15, 0.2) is 0 Å². The van der Waals surface area contributed by atoms with Crippen molar-refractivity contribution >= 4 is 62.0 Å². The molecule has 0 spiro atoms. The minimum absolute atomic E-state index is 0.235. The first-order valence-corrected chi connectivity index (χ1v) is 8.12. The van der Waals surface area contributed by atoms with Crippen molar-refractivity contribution in [1.29, 1.82) is 0 Å². The first-order valence-electron chi connectivity index (χ1n) is 6.55. The zero-order valence-electron chi connectivity index (χ0n) is 11.9. The molecule has 3 rings (SSSR count). The van der Waals surface area contributed by atoms with Gasteiger partial charge in [-0.1, -0.05) is 23.2 Å². The van der Waals surface area contributed by atoms with E-state index in [1.807, 2.05) is 0 Å². The molecule has 3 aromatic rings. The number of aryl methyl sites for hydroxylation is 1. The van der Waals surface area contributed by atoms with Crippen molar-refractivity contribution in [2.75, 3.05) is 11.1 Å². The molecule has 23 heavy (non-hydrogen) atoms. The van der Waals surface area contributed by atoms with Crippen LogP contribution in [-0.4, -0.2) is 10.9 Å². The van der Waals surface area contributed by atoms with Crippen molar-refractivity contribution in [2.24, 2.45) is 0 Å². The minimum atomic E-state index is -0.409. The van der Waals surface area contributed by atoms with Gasteiger partial charge in [0.1, 0.15) is 9.71 Å². The Morgan fingerprint density at radius 2 is 2.04 bits per heavy atom. The van der Waals surface area contributed by atoms with Gasteiger partial charge in [0.2, 0.25) is 5.56 Å². The van der Waals surface area contributed by atoms with Gasteiger partial charge in [0, 0.05) is 16.5 Å². The number of amides is 1. The summed E-state index contributed by atoms with van der Waals surface area (Å²) in [5, 5.41) is 4.18. The highest BCUT2D eigenvalue weighted by Crippen LogP contribution is 2.35. The topological polar surface area (TPSA) is 88.0 Å². The molecule has 0 fully saturated rings. The van der Waals surface area contributed by atoms with Crippen molar-refractivity contribution in [3.8, 4) is 0 Å². The largest absolute Gasteiger partial charge is 0.397 e. The highest BCUT2D eigenvalue weighted by atomic mass is 35.5. The van der Waals surface area contributed by atoms with Gasteiger partial charge in [-0.3, -0.25) is 9.59 Å². The predicted octanol–water partition coefficient (Wildman–Crippen LogP) is 4.04. The molecule has 0 unspecified atom stereocenters. The van der Waals surface area contributed by atoms with Crippen LogP contribution in [0.5, 0.6) is 0 Å². The van der Waals surface area contributed by atoms with E-state index in [1.165, 1.54) is 6.07 Å². The third-order valence-electron chi connectivity index (χ3n) is 3.31. The lowest BCUT2D eigenvalue weighted by molar-refractivity contribution is 0.103. The molecule has 0 saturated carbocycles. The molecule has 1 aromatic carbocycles. The number of nitrogen functional groups attached to an aromatic ring is 1. The summed E-state index contributed by atoms with van der Waals surface area (Å²) in [4.78, 5) is 27.6. The summed E-state index contributed by atoms with van der Waals surface area (Å²) < 4.78 is 0. The number of anilines is 2. The standard InChI is InChI=1S/C15H11Cl2N3O2S/c1-6-4-10(21)20-15-11(6)12(18)13(23-15)14(22)19-9-5-7(16)2-3-8(9)17/h2-5H,18H2,1H3,(H,19,22)(H,20,21). The molecule has 5 nitrogen and oxygen atoms in total. The van der Waals surface area contributed by atoms with Crippen LogP contribution in [0.25, 0.3) is 10.2 Å². The fraction of sp³-hybridized carbons (Fsp3) is 0.0667. The van der Waals surface area contributed by atoms with Crippen LogP contribution in [-0.2, 0) is 0 Å². The summed E-state index contributed by atoms with van der Waals surface area (Å²) in [5.74, 6) is -0.409. The zero-order valence-corrected chi connectivity index (χ0v) is 14.2. The Morgan fingerprint density at radius 3 is 2.78 bits per heavy atom. The number of carbonyl (C=O) groups excluding carboxylic acids is 1. The quantitative estimate of drug-likeness (QED) is 0.638. The number of nitrogens with two attached hydrogens (primary N) is 1. The van der Waals surface area contributed by atoms with Crippen LogP contribution in [0.2, 0.25) is 10.0 Å². The number of carbonyl (C=O) groups is 1. The van der Waals surface area contributed by atoms with Crippen LogP contribution in [0.1, 0.15) is 15.2 Å². The lowest BCUT2D eigenvalue weighted by atomic mass is 10.1. The van der Waals surface area contributed by atoms with Crippen LogP contribution in [0, 0.1) is 6.92 Å². The van der Waals surface area contributed by atoms with Gasteiger partial charge in [0.25, 0.3) is 5.91 Å². The maximum atomic E-state index is 12.5. The van der Waals surface area contributed by atoms with Crippen LogP contribution >= 0.6 is 34.5 Å². The van der Waals surface area contributed by atoms with Crippen molar-refractivity contribution in [1.82, 2.24) is 4.98 Å². The van der Waals surface area contributed by atoms with Gasteiger partial charge >= 0.3 is 0 Å². The molecule has 0 atom stereocenters. The summed E-state index contributed by atoms with van der Waals surface area (Å²) in [6.45, 7) is 1.77. The zero-order chi connectivity index (χ0) is 16.7. The van der Waals surface area contributed by atoms with Gasteiger partial charge in [-0.15, -0.1) is 11.3 Å². The smallest absolute Gasteiger partial charge is 0.267 e. The minimum Gasteiger partial charge on any atom is -0.397 e. The molecule has 2 aromatic heterocycles. The lowest BCUT2D eigenvalue weighted by Gasteiger charge is -2.07. The summed E-state index contributed by atoms with van der Waals surface area (Å²) in [5.41, 5.74) is 7.29. The van der Waals surface area contributed by atoms with Crippen LogP contribution in [0.15, 0.2) is 29.1 Å². The van der Waals surface area contributed by atoms with Crippen molar-refractivity contribution in [3.63, 3.8) is 0 Å². The molecule has 4 N–H and O–H groups in total. The maximum absolute atomic E-state index is 12.5. The van der Waals surface area contributed by atoms with Crippen LogP contribution < -0.4 is 16.6 Å². The first kappa shape index (κ1) is 15.9. The van der Waals surface area contributed by atoms with E-state index in [0.29, 0.717) is 36.5 Å². The summed E-state index contributed by atoms with van der Waals surface area (Å²) in [6.07, 6.45) is 0. The average molecular weight is 368 g/mol. The monoisotopic (exact) mass is 367 g/mol. The second-order valence-electron chi connectivity index (χ2n) is 4.94. The molecule has 118 valence electrons. The first-order chi connectivity index (χ1) is 10.9. The number of hydrogen-bond donors (Lipinski definition) is 3. The second-order valence-corrected chi connectivity index (χ2v) is 6.81. The van der Waals surface area contributed by atoms with E-state index < -0.39 is 5.91 Å². The number of hydrogen-bond acceptors (Lipinski definition) is 4. The normalized spacial score (nSPS) is 10.9. The Morgan fingerprint density at radius 1 is 1.30 bits per heavy atom. The molecular formula is C15H11Cl2N3O2S. The number of pyridine rings is 1. The number of halogens is 2. The van der Waals surface area contributed by atoms with Gasteiger partial charge in [-0.25, -0.2) is 0 Å². The molecule has 0 aliphatic heterocycles. The van der Waals surface area contributed by atoms with Gasteiger partial charge in [-0.2, -0.15) is 0 Å². The van der Waals surface area contributed by atoms with E-state index in [0.717, 1.165) is 16.9 Å². The van der Waals surface area contributed by atoms with Gasteiger partial charge < -0.3 is 16.0 Å². The molecule has 1 amide bonds. The van der Waals surface area contributed by atoms with E-state index in [2.05, 4.69) is 10.3 Å². The summed E-state index contributed by atoms with van der Waals surface area (Å²) >= 11 is 13.1. The molecule has 0 aliphatic rings. The molecule has 0 radical (unpaired) electrons. The van der Waals surface area contributed by atoms with Crippen LogP contribution in [0.3, 0.4) is 0 Å². The lowest BCUT2D eigenvalue weighted by Crippen LogP contribution is -2.12. The Labute approximate surface area is 145 Å². The number of fused-ring (bicyclic) bond motifs is 1. The maximum Gasteiger partial charge on any atom is 0.267 e. The molecule has 0 saturated heterocycles. The van der Waals surface area contributed by atoms with Crippen molar-refractivity contribution < 1.29 is 4.79 Å². The third-order valence-corrected chi connectivity index (χ3v) is 4.99. The number of aromatic nitrogens is 1. The van der Waals surface area contributed by atoms with E-state index in [4.69, 9.17) is 28.9 Å². The Kier molecular flexibility index (Phi) is 4.06. The summed E-state index contributed by atoms with van der Waals surface area (Å²) in [7, 11) is 0. The average Bonchev–Trinajstić information content (AvgIpc) is 2.80. The number of nitrogens with one attached hydrogen (secondary N) is 2. The van der Waals surface area contributed by atoms with Crippen molar-refractivity contribution in [3.05, 3.63) is 55.1 Å². The number of H-pyrrole nitrogens is 1.